The Hall–Kier alpha value is -2.53. The number of hydrogen-bond donors (Lipinski definition) is 3. The predicted molar refractivity (Wildman–Crippen MR) is 117 cm³/mol. The molecule has 0 amide bonds. The first kappa shape index (κ1) is 28.5. The van der Waals surface area contributed by atoms with E-state index in [1.165, 1.54) is 18.2 Å². The molecule has 3 aromatic rings. The molecule has 10 heteroatoms. The van der Waals surface area contributed by atoms with Gasteiger partial charge < -0.3 is 53.2 Å². The van der Waals surface area contributed by atoms with Crippen LogP contribution in [-0.4, -0.2) is 33.2 Å². The molecule has 31 heavy (non-hydrogen) atoms. The van der Waals surface area contributed by atoms with Gasteiger partial charge in [0.1, 0.15) is 0 Å². The maximum atomic E-state index is 10.4. The quantitative estimate of drug-likeness (QED) is 0.286. The molecule has 3 N–H and O–H groups in total. The summed E-state index contributed by atoms with van der Waals surface area (Å²) in [7, 11) is 0. The number of aromatic carboxylic acids is 3. The third-order valence-corrected chi connectivity index (χ3v) is 4.42. The molecule has 0 bridgehead atoms. The summed E-state index contributed by atoms with van der Waals surface area (Å²) in [6, 6.07) is 19.4. The molecule has 0 saturated carbocycles. The van der Waals surface area contributed by atoms with Crippen molar-refractivity contribution in [3.8, 4) is 0 Å². The second-order valence-electron chi connectivity index (χ2n) is 5.40. The minimum absolute atomic E-state index is 0. The van der Waals surface area contributed by atoms with Crippen molar-refractivity contribution in [2.24, 2.45) is 0 Å². The van der Waals surface area contributed by atoms with E-state index in [1.807, 2.05) is 0 Å². The summed E-state index contributed by atoms with van der Waals surface area (Å²) in [5.41, 5.74) is 0.576. The second kappa shape index (κ2) is 14.5. The van der Waals surface area contributed by atoms with E-state index in [4.69, 9.17) is 53.2 Å². The van der Waals surface area contributed by atoms with Crippen LogP contribution in [0.4, 0.5) is 0 Å². The molecule has 3 rings (SSSR count). The van der Waals surface area contributed by atoms with Crippen LogP contribution in [0.3, 0.4) is 0 Å². The van der Waals surface area contributed by atoms with Gasteiger partial charge in [-0.15, -0.1) is 0 Å². The molecule has 0 saturated heterocycles. The number of carboxylic acid groups (broad SMARTS) is 3. The van der Waals surface area contributed by atoms with E-state index in [9.17, 15) is 14.4 Å². The van der Waals surface area contributed by atoms with Gasteiger partial charge in [-0.25, -0.2) is 14.4 Å². The Balaban J connectivity index is 0.000000429. The van der Waals surface area contributed by atoms with Gasteiger partial charge in [0.15, 0.2) is 0 Å². The molecule has 0 aromatic heterocycles. The molecule has 0 unspecified atom stereocenters. The average Bonchev–Trinajstić information content (AvgIpc) is 2.69. The van der Waals surface area contributed by atoms with Crippen molar-refractivity contribution in [3.05, 3.63) is 89.5 Å². The summed E-state index contributed by atoms with van der Waals surface area (Å²) in [5, 5.41) is 25.5. The zero-order chi connectivity index (χ0) is 22.7. The normalized spacial score (nSPS) is 8.90. The van der Waals surface area contributed by atoms with E-state index in [1.54, 1.807) is 54.6 Å². The van der Waals surface area contributed by atoms with Gasteiger partial charge in [-0.05, 0) is 18.2 Å². The van der Waals surface area contributed by atoms with E-state index in [0.29, 0.717) is 14.7 Å². The van der Waals surface area contributed by atoms with E-state index < -0.39 is 17.9 Å². The first-order chi connectivity index (χ1) is 14.1. The summed E-state index contributed by atoms with van der Waals surface area (Å²) in [4.78, 5) is 32.2. The van der Waals surface area contributed by atoms with Gasteiger partial charge in [0.2, 0.25) is 0 Å². The fourth-order valence-corrected chi connectivity index (χ4v) is 2.63. The third kappa shape index (κ3) is 9.88. The number of carboxylic acids is 3. The van der Waals surface area contributed by atoms with E-state index in [0.717, 1.165) is 0 Å². The van der Waals surface area contributed by atoms with Crippen molar-refractivity contribution < 1.29 is 52.1 Å². The van der Waals surface area contributed by atoms with Crippen LogP contribution in [0.1, 0.15) is 31.1 Å². The maximum Gasteiger partial charge on any atom is 3.00 e. The molecule has 164 valence electrons. The van der Waals surface area contributed by atoms with Crippen molar-refractivity contribution in [1.29, 1.82) is 0 Å². The zero-order valence-electron chi connectivity index (χ0n) is 15.5. The second-order valence-corrected chi connectivity index (χ2v) is 6.72. The van der Waals surface area contributed by atoms with Crippen LogP contribution >= 0.6 is 0 Å². The molecule has 6 nitrogen and oxygen atoms in total. The first-order valence-corrected chi connectivity index (χ1v) is 9.35. The fraction of sp³-hybridized carbons (Fsp3) is 0. The largest absolute Gasteiger partial charge is 3.00 e. The maximum absolute atomic E-state index is 10.4. The van der Waals surface area contributed by atoms with Crippen molar-refractivity contribution in [2.75, 3.05) is 0 Å². The minimum atomic E-state index is -0.967. The van der Waals surface area contributed by atoms with Crippen LogP contribution in [0.25, 0.3) is 0 Å². The molecule has 0 aliphatic carbocycles. The molecule has 0 fully saturated rings. The smallest absolute Gasteiger partial charge is 0.779 e. The molecular weight excluding hydrogens is 641 g/mol. The van der Waals surface area contributed by atoms with Crippen LogP contribution in [0.2, 0.25) is 0 Å². The van der Waals surface area contributed by atoms with Crippen molar-refractivity contribution in [1.82, 2.24) is 0 Å². The Morgan fingerprint density at radius 3 is 0.806 bits per heavy atom. The fourth-order valence-electron chi connectivity index (χ4n) is 1.93. The van der Waals surface area contributed by atoms with Gasteiger partial charge in [-0.1, -0.05) is 54.6 Å². The summed E-state index contributed by atoms with van der Waals surface area (Å²) in [6.45, 7) is 0. The summed E-state index contributed by atoms with van der Waals surface area (Å²) in [6.07, 6.45) is 0. The zero-order valence-corrected chi connectivity index (χ0v) is 20.1. The Morgan fingerprint density at radius 1 is 0.484 bits per heavy atom. The van der Waals surface area contributed by atoms with Crippen molar-refractivity contribution in [3.63, 3.8) is 0 Å². The number of rotatable bonds is 3. The molecule has 0 heterocycles. The van der Waals surface area contributed by atoms with Gasteiger partial charge >= 0.3 is 40.3 Å². The number of hydrogen-bond acceptors (Lipinski definition) is 6. The monoisotopic (exact) mass is 656 g/mol. The average molecular weight is 657 g/mol. The molecule has 3 aromatic carbocycles. The number of carbonyl (C=O) groups is 3. The van der Waals surface area contributed by atoms with Crippen molar-refractivity contribution in [2.45, 2.75) is 14.7 Å². The topological polar surface area (TPSA) is 112 Å². The van der Waals surface area contributed by atoms with Gasteiger partial charge in [0.25, 0.3) is 0 Å². The first-order valence-electron chi connectivity index (χ1n) is 8.13. The summed E-state index contributed by atoms with van der Waals surface area (Å²) < 4.78 is 0. The van der Waals surface area contributed by atoms with E-state index in [2.05, 4.69) is 0 Å². The minimum Gasteiger partial charge on any atom is -0.779 e. The van der Waals surface area contributed by atoms with Gasteiger partial charge in [0, 0.05) is 16.7 Å². The number of benzene rings is 3. The van der Waals surface area contributed by atoms with Gasteiger partial charge in [0.05, 0.1) is 0 Å². The van der Waals surface area contributed by atoms with Crippen molar-refractivity contribution >= 4 is 55.8 Å². The summed E-state index contributed by atoms with van der Waals surface area (Å²) >= 11 is 14.2. The Kier molecular flexibility index (Phi) is 13.3. The Morgan fingerprint density at radius 2 is 0.677 bits per heavy atom. The SMILES string of the molecule is O=C(O)c1ccccc1[S-].O=C(O)c1ccccc1[S-].O=C(O)c1ccccc1[S-].[Au+3]. The molecule has 0 atom stereocenters. The molecule has 0 aliphatic rings. The Labute approximate surface area is 211 Å². The molecule has 0 spiro atoms. The van der Waals surface area contributed by atoms with Crippen LogP contribution in [0.15, 0.2) is 87.5 Å². The predicted octanol–water partition coefficient (Wildman–Crippen LogP) is 3.87. The molecule has 0 radical (unpaired) electrons. The van der Waals surface area contributed by atoms with Crippen LogP contribution < -0.4 is 0 Å². The van der Waals surface area contributed by atoms with Crippen LogP contribution in [0, 0.1) is 0 Å². The standard InChI is InChI=1S/3C7H6O2S.Au/c3*8-7(9)5-3-1-2-4-6(5)10;/h3*1-4,10H,(H,8,9);/q;;;+3/p-3. The molecule has 0 aliphatic heterocycles. The van der Waals surface area contributed by atoms with E-state index in [-0.39, 0.29) is 39.1 Å². The molecular formula is C21H15AuO6S3. The van der Waals surface area contributed by atoms with Gasteiger partial charge in [-0.2, -0.15) is 14.7 Å². The van der Waals surface area contributed by atoms with Crippen LogP contribution in [0.5, 0.6) is 0 Å². The summed E-state index contributed by atoms with van der Waals surface area (Å²) in [5.74, 6) is -2.90. The van der Waals surface area contributed by atoms with E-state index >= 15 is 0 Å². The van der Waals surface area contributed by atoms with Gasteiger partial charge in [-0.3, -0.25) is 0 Å². The Bertz CT molecular complexity index is 911. The third-order valence-electron chi connectivity index (χ3n) is 3.35. The van der Waals surface area contributed by atoms with Crippen LogP contribution in [-0.2, 0) is 60.3 Å².